The van der Waals surface area contributed by atoms with Crippen molar-refractivity contribution >= 4 is 0 Å². The van der Waals surface area contributed by atoms with Gasteiger partial charge in [-0.05, 0) is 26.8 Å². The molecule has 0 bridgehead atoms. The highest BCUT2D eigenvalue weighted by Gasteiger charge is 2.20. The zero-order valence-corrected chi connectivity index (χ0v) is 8.52. The van der Waals surface area contributed by atoms with E-state index in [0.29, 0.717) is 13.2 Å². The molecule has 0 aliphatic carbocycles. The fourth-order valence-electron chi connectivity index (χ4n) is 0.936. The van der Waals surface area contributed by atoms with Gasteiger partial charge >= 0.3 is 0 Å². The quantitative estimate of drug-likeness (QED) is 0.598. The fourth-order valence-corrected chi connectivity index (χ4v) is 0.936. The van der Waals surface area contributed by atoms with Crippen LogP contribution < -0.4 is 11.1 Å². The molecule has 0 aliphatic rings. The van der Waals surface area contributed by atoms with Gasteiger partial charge in [-0.15, -0.1) is 0 Å². The van der Waals surface area contributed by atoms with Crippen molar-refractivity contribution in [3.63, 3.8) is 0 Å². The Labute approximate surface area is 75.7 Å². The van der Waals surface area contributed by atoms with Gasteiger partial charge in [0.2, 0.25) is 0 Å². The van der Waals surface area contributed by atoms with Crippen molar-refractivity contribution < 1.29 is 4.74 Å². The summed E-state index contributed by atoms with van der Waals surface area (Å²) >= 11 is 0. The third-order valence-electron chi connectivity index (χ3n) is 1.88. The van der Waals surface area contributed by atoms with Crippen molar-refractivity contribution in [2.75, 3.05) is 26.3 Å². The summed E-state index contributed by atoms with van der Waals surface area (Å²) in [6.45, 7) is 9.30. The molecular weight excluding hydrogens is 152 g/mol. The van der Waals surface area contributed by atoms with E-state index in [4.69, 9.17) is 10.5 Å². The highest BCUT2D eigenvalue weighted by atomic mass is 16.5. The molecule has 0 saturated carbocycles. The van der Waals surface area contributed by atoms with Crippen molar-refractivity contribution in [3.05, 3.63) is 0 Å². The molecule has 0 aromatic rings. The van der Waals surface area contributed by atoms with Gasteiger partial charge in [0.1, 0.15) is 0 Å². The Balaban J connectivity index is 3.70. The topological polar surface area (TPSA) is 47.3 Å². The Morgan fingerprint density at radius 3 is 2.50 bits per heavy atom. The smallest absolute Gasteiger partial charge is 0.0657 e. The van der Waals surface area contributed by atoms with Gasteiger partial charge in [0.15, 0.2) is 0 Å². The van der Waals surface area contributed by atoms with Gasteiger partial charge in [0, 0.05) is 13.2 Å². The van der Waals surface area contributed by atoms with Crippen molar-refractivity contribution in [3.8, 4) is 0 Å². The summed E-state index contributed by atoms with van der Waals surface area (Å²) in [5, 5.41) is 3.38. The molecule has 0 aliphatic heterocycles. The molecule has 0 amide bonds. The van der Waals surface area contributed by atoms with E-state index in [0.717, 1.165) is 19.6 Å². The van der Waals surface area contributed by atoms with Gasteiger partial charge in [-0.25, -0.2) is 0 Å². The first-order valence-corrected chi connectivity index (χ1v) is 4.71. The van der Waals surface area contributed by atoms with Gasteiger partial charge in [-0.2, -0.15) is 0 Å². The van der Waals surface area contributed by atoms with Gasteiger partial charge in [0.25, 0.3) is 0 Å². The van der Waals surface area contributed by atoms with Crippen molar-refractivity contribution in [1.82, 2.24) is 5.32 Å². The first kappa shape index (κ1) is 11.9. The van der Waals surface area contributed by atoms with E-state index < -0.39 is 0 Å². The second kappa shape index (κ2) is 6.40. The summed E-state index contributed by atoms with van der Waals surface area (Å²) < 4.78 is 5.34. The van der Waals surface area contributed by atoms with E-state index in [1.165, 1.54) is 0 Å². The molecule has 0 fully saturated rings. The Morgan fingerprint density at radius 2 is 2.08 bits per heavy atom. The highest BCUT2D eigenvalue weighted by molar-refractivity contribution is 4.83. The molecule has 3 nitrogen and oxygen atoms in total. The Bertz CT molecular complexity index is 98.7. The third-order valence-corrected chi connectivity index (χ3v) is 1.88. The lowest BCUT2D eigenvalue weighted by atomic mass is 10.0. The SMILES string of the molecule is CCCNC(C)(CN)COCC. The molecule has 0 aromatic carbocycles. The van der Waals surface area contributed by atoms with E-state index in [1.807, 2.05) is 6.92 Å². The average molecular weight is 174 g/mol. The molecule has 3 heteroatoms. The van der Waals surface area contributed by atoms with Crippen LogP contribution in [0.5, 0.6) is 0 Å². The molecule has 1 atom stereocenters. The molecule has 0 saturated heterocycles. The van der Waals surface area contributed by atoms with Crippen LogP contribution >= 0.6 is 0 Å². The second-order valence-corrected chi connectivity index (χ2v) is 3.33. The number of hydrogen-bond acceptors (Lipinski definition) is 3. The van der Waals surface area contributed by atoms with Crippen molar-refractivity contribution in [2.24, 2.45) is 5.73 Å². The molecule has 3 N–H and O–H groups in total. The molecule has 0 aromatic heterocycles. The van der Waals surface area contributed by atoms with Crippen molar-refractivity contribution in [2.45, 2.75) is 32.7 Å². The van der Waals surface area contributed by atoms with Crippen molar-refractivity contribution in [1.29, 1.82) is 0 Å². The van der Waals surface area contributed by atoms with Crippen LogP contribution in [0.15, 0.2) is 0 Å². The van der Waals surface area contributed by atoms with E-state index in [2.05, 4.69) is 19.2 Å². The molecular formula is C9H22N2O. The summed E-state index contributed by atoms with van der Waals surface area (Å²) in [4.78, 5) is 0. The van der Waals surface area contributed by atoms with E-state index >= 15 is 0 Å². The summed E-state index contributed by atoms with van der Waals surface area (Å²) in [5.74, 6) is 0. The van der Waals surface area contributed by atoms with Gasteiger partial charge < -0.3 is 15.8 Å². The highest BCUT2D eigenvalue weighted by Crippen LogP contribution is 2.01. The Morgan fingerprint density at radius 1 is 1.42 bits per heavy atom. The fraction of sp³-hybridized carbons (Fsp3) is 1.00. The van der Waals surface area contributed by atoms with Crippen LogP contribution in [0.4, 0.5) is 0 Å². The lowest BCUT2D eigenvalue weighted by Gasteiger charge is -2.28. The van der Waals surface area contributed by atoms with Crippen LogP contribution in [0.2, 0.25) is 0 Å². The molecule has 0 heterocycles. The van der Waals surface area contributed by atoms with Crippen LogP contribution in [0.25, 0.3) is 0 Å². The van der Waals surface area contributed by atoms with Crippen LogP contribution in [-0.4, -0.2) is 31.8 Å². The predicted octanol–water partition coefficient (Wildman–Crippen LogP) is 0.740. The largest absolute Gasteiger partial charge is 0.380 e. The maximum absolute atomic E-state index is 5.65. The monoisotopic (exact) mass is 174 g/mol. The van der Waals surface area contributed by atoms with Gasteiger partial charge in [0.05, 0.1) is 12.1 Å². The zero-order chi connectivity index (χ0) is 9.45. The molecule has 0 radical (unpaired) electrons. The van der Waals surface area contributed by atoms with E-state index in [-0.39, 0.29) is 5.54 Å². The zero-order valence-electron chi connectivity index (χ0n) is 8.52. The summed E-state index contributed by atoms with van der Waals surface area (Å²) in [5.41, 5.74) is 5.60. The number of rotatable bonds is 7. The van der Waals surface area contributed by atoms with Gasteiger partial charge in [-0.1, -0.05) is 6.92 Å². The lowest BCUT2D eigenvalue weighted by molar-refractivity contribution is 0.0877. The van der Waals surface area contributed by atoms with Crippen LogP contribution in [-0.2, 0) is 4.74 Å². The Kier molecular flexibility index (Phi) is 6.34. The lowest BCUT2D eigenvalue weighted by Crippen LogP contribution is -2.52. The molecule has 1 unspecified atom stereocenters. The summed E-state index contributed by atoms with van der Waals surface area (Å²) in [6.07, 6.45) is 1.13. The molecule has 0 rings (SSSR count). The second-order valence-electron chi connectivity index (χ2n) is 3.33. The van der Waals surface area contributed by atoms with E-state index in [1.54, 1.807) is 0 Å². The van der Waals surface area contributed by atoms with Crippen LogP contribution in [0.3, 0.4) is 0 Å². The van der Waals surface area contributed by atoms with E-state index in [9.17, 15) is 0 Å². The predicted molar refractivity (Wildman–Crippen MR) is 52.2 cm³/mol. The normalized spacial score (nSPS) is 16.0. The first-order chi connectivity index (χ1) is 5.68. The number of nitrogens with one attached hydrogen (secondary N) is 1. The standard InChI is InChI=1S/C9H22N2O/c1-4-6-11-9(3,7-10)8-12-5-2/h11H,4-8,10H2,1-3H3. The first-order valence-electron chi connectivity index (χ1n) is 4.71. The summed E-state index contributed by atoms with van der Waals surface area (Å²) in [6, 6.07) is 0. The van der Waals surface area contributed by atoms with Crippen LogP contribution in [0, 0.1) is 0 Å². The molecule has 12 heavy (non-hydrogen) atoms. The maximum Gasteiger partial charge on any atom is 0.0657 e. The Hall–Kier alpha value is -0.120. The van der Waals surface area contributed by atoms with Crippen LogP contribution in [0.1, 0.15) is 27.2 Å². The molecule has 74 valence electrons. The number of ether oxygens (including phenoxy) is 1. The number of nitrogens with two attached hydrogens (primary N) is 1. The average Bonchev–Trinajstić information content (AvgIpc) is 2.11. The minimum Gasteiger partial charge on any atom is -0.380 e. The van der Waals surface area contributed by atoms with Gasteiger partial charge in [-0.3, -0.25) is 0 Å². The minimum atomic E-state index is -0.0496. The maximum atomic E-state index is 5.65. The third kappa shape index (κ3) is 4.70. The molecule has 0 spiro atoms. The number of hydrogen-bond donors (Lipinski definition) is 2. The minimum absolute atomic E-state index is 0.0496. The summed E-state index contributed by atoms with van der Waals surface area (Å²) in [7, 11) is 0.